The van der Waals surface area contributed by atoms with E-state index >= 15 is 0 Å². The number of ketones is 2. The minimum Gasteiger partial charge on any atom is -0.436 e. The lowest BCUT2D eigenvalue weighted by atomic mass is 10.1. The molecule has 2 aromatic carbocycles. The number of benzene rings is 2. The number of hydrogen-bond donors (Lipinski definition) is 0. The van der Waals surface area contributed by atoms with Gasteiger partial charge in [0, 0.05) is 16.2 Å². The fourth-order valence-electron chi connectivity index (χ4n) is 2.64. The van der Waals surface area contributed by atoms with Crippen LogP contribution in [0.4, 0.5) is 0 Å². The summed E-state index contributed by atoms with van der Waals surface area (Å²) >= 11 is 2.58. The second-order valence-corrected chi connectivity index (χ2v) is 7.95. The first-order valence-corrected chi connectivity index (χ1v) is 10.1. The predicted octanol–water partition coefficient (Wildman–Crippen LogP) is 5.41. The van der Waals surface area contributed by atoms with Gasteiger partial charge in [-0.3, -0.25) is 9.59 Å². The third-order valence-electron chi connectivity index (χ3n) is 3.94. The number of carbonyl (C=O) groups is 2. The molecule has 0 saturated carbocycles. The highest BCUT2D eigenvalue weighted by atomic mass is 32.2. The monoisotopic (exact) mass is 393 g/mol. The van der Waals surface area contributed by atoms with E-state index in [1.807, 2.05) is 67.6 Å². The summed E-state index contributed by atoms with van der Waals surface area (Å²) in [5, 5.41) is 0. The first-order chi connectivity index (χ1) is 13.2. The summed E-state index contributed by atoms with van der Waals surface area (Å²) in [6.45, 7) is 1.87. The molecule has 0 aliphatic heterocycles. The van der Waals surface area contributed by atoms with Gasteiger partial charge < -0.3 is 4.42 Å². The summed E-state index contributed by atoms with van der Waals surface area (Å²) in [6, 6.07) is 19.1. The van der Waals surface area contributed by atoms with E-state index in [1.54, 1.807) is 0 Å². The number of oxazole rings is 1. The van der Waals surface area contributed by atoms with E-state index in [1.165, 1.54) is 23.5 Å². The van der Waals surface area contributed by atoms with Crippen LogP contribution in [0.2, 0.25) is 0 Å². The Hall–Kier alpha value is -2.57. The Bertz CT molecular complexity index is 959. The second-order valence-electron chi connectivity index (χ2n) is 5.79. The van der Waals surface area contributed by atoms with Gasteiger partial charge in [-0.1, -0.05) is 66.8 Å². The third kappa shape index (κ3) is 3.50. The van der Waals surface area contributed by atoms with Crippen LogP contribution < -0.4 is 0 Å². The van der Waals surface area contributed by atoms with Crippen molar-refractivity contribution in [3.8, 4) is 0 Å². The van der Waals surface area contributed by atoms with Crippen molar-refractivity contribution in [2.45, 2.75) is 23.1 Å². The molecule has 0 amide bonds. The molecular formula is C21H15NO3S2. The van der Waals surface area contributed by atoms with Crippen LogP contribution in [0.3, 0.4) is 0 Å². The third-order valence-corrected chi connectivity index (χ3v) is 6.27. The number of Topliss-reactive ketones (excluding diaryl/α,β-unsaturated/α-hetero) is 2. The van der Waals surface area contributed by atoms with Crippen LogP contribution in [0.5, 0.6) is 0 Å². The highest BCUT2D eigenvalue weighted by Crippen LogP contribution is 2.43. The standard InChI is InChI=1S/C21H15NO3S2/c1-2-15-22-16-17(23)20(26-13-9-5-3-6-10-13)21(18(24)19(16)25-15)27-14-11-7-4-8-12-14/h3-12H,2H2,1H3. The van der Waals surface area contributed by atoms with E-state index in [2.05, 4.69) is 4.98 Å². The molecule has 3 aromatic rings. The number of fused-ring (bicyclic) bond motifs is 1. The zero-order chi connectivity index (χ0) is 18.8. The smallest absolute Gasteiger partial charge is 0.238 e. The summed E-state index contributed by atoms with van der Waals surface area (Å²) in [5.74, 6) is -0.103. The number of rotatable bonds is 5. The molecule has 6 heteroatoms. The van der Waals surface area contributed by atoms with Crippen LogP contribution in [0.15, 0.2) is 84.7 Å². The van der Waals surface area contributed by atoms with Crippen molar-refractivity contribution < 1.29 is 14.0 Å². The maximum absolute atomic E-state index is 13.1. The maximum Gasteiger partial charge on any atom is 0.238 e. The molecule has 0 bridgehead atoms. The van der Waals surface area contributed by atoms with Gasteiger partial charge in [-0.25, -0.2) is 4.98 Å². The highest BCUT2D eigenvalue weighted by Gasteiger charge is 2.38. The van der Waals surface area contributed by atoms with E-state index in [-0.39, 0.29) is 23.0 Å². The lowest BCUT2D eigenvalue weighted by Gasteiger charge is -2.16. The highest BCUT2D eigenvalue weighted by molar-refractivity contribution is 8.08. The molecule has 0 saturated heterocycles. The summed E-state index contributed by atoms with van der Waals surface area (Å²) in [7, 11) is 0. The molecule has 4 nitrogen and oxygen atoms in total. The van der Waals surface area contributed by atoms with Gasteiger partial charge in [0.2, 0.25) is 17.3 Å². The lowest BCUT2D eigenvalue weighted by Crippen LogP contribution is -2.18. The Balaban J connectivity index is 1.81. The zero-order valence-electron chi connectivity index (χ0n) is 14.5. The number of hydrogen-bond acceptors (Lipinski definition) is 6. The van der Waals surface area contributed by atoms with Gasteiger partial charge in [0.15, 0.2) is 11.6 Å². The van der Waals surface area contributed by atoms with Gasteiger partial charge in [-0.15, -0.1) is 0 Å². The number of nitrogens with zero attached hydrogens (tertiary/aromatic N) is 1. The summed E-state index contributed by atoms with van der Waals surface area (Å²) in [6.07, 6.45) is 0.524. The van der Waals surface area contributed by atoms with Gasteiger partial charge in [-0.05, 0) is 24.3 Å². The number of thioether (sulfide) groups is 2. The number of allylic oxidation sites excluding steroid dienone is 2. The van der Waals surface area contributed by atoms with Crippen LogP contribution in [-0.2, 0) is 6.42 Å². The molecule has 1 aliphatic carbocycles. The van der Waals surface area contributed by atoms with Crippen LogP contribution in [0.25, 0.3) is 0 Å². The van der Waals surface area contributed by atoms with Crippen molar-refractivity contribution in [2.24, 2.45) is 0 Å². The number of carbonyl (C=O) groups excluding carboxylic acids is 2. The predicted molar refractivity (Wildman–Crippen MR) is 106 cm³/mol. The average Bonchev–Trinajstić information content (AvgIpc) is 3.15. The molecule has 134 valence electrons. The molecule has 27 heavy (non-hydrogen) atoms. The van der Waals surface area contributed by atoms with Gasteiger partial charge in [-0.2, -0.15) is 0 Å². The van der Waals surface area contributed by atoms with Crippen molar-refractivity contribution in [1.82, 2.24) is 4.98 Å². The van der Waals surface area contributed by atoms with Crippen molar-refractivity contribution in [3.63, 3.8) is 0 Å². The molecule has 0 atom stereocenters. The van der Waals surface area contributed by atoms with Crippen LogP contribution in [0, 0.1) is 0 Å². The van der Waals surface area contributed by atoms with E-state index in [4.69, 9.17) is 4.42 Å². The maximum atomic E-state index is 13.1. The molecule has 1 heterocycles. The van der Waals surface area contributed by atoms with E-state index in [0.717, 1.165) is 9.79 Å². The molecule has 0 fully saturated rings. The zero-order valence-corrected chi connectivity index (χ0v) is 16.1. The molecular weight excluding hydrogens is 378 g/mol. The van der Waals surface area contributed by atoms with Gasteiger partial charge >= 0.3 is 0 Å². The molecule has 0 N–H and O–H groups in total. The van der Waals surface area contributed by atoms with Gasteiger partial charge in [0.1, 0.15) is 0 Å². The molecule has 1 aliphatic rings. The minimum atomic E-state index is -0.288. The van der Waals surface area contributed by atoms with E-state index in [0.29, 0.717) is 22.1 Å². The Labute approximate surface area is 165 Å². The quantitative estimate of drug-likeness (QED) is 0.577. The summed E-state index contributed by atoms with van der Waals surface area (Å²) < 4.78 is 5.57. The molecule has 0 unspecified atom stereocenters. The lowest BCUT2D eigenvalue weighted by molar-refractivity contribution is 0.0967. The Morgan fingerprint density at radius 1 is 0.815 bits per heavy atom. The Kier molecular flexibility index (Phi) is 5.01. The topological polar surface area (TPSA) is 60.2 Å². The van der Waals surface area contributed by atoms with Crippen molar-refractivity contribution in [3.05, 3.63) is 87.8 Å². The van der Waals surface area contributed by atoms with Crippen LogP contribution >= 0.6 is 23.5 Å². The van der Waals surface area contributed by atoms with Gasteiger partial charge in [0.25, 0.3) is 0 Å². The van der Waals surface area contributed by atoms with Crippen molar-refractivity contribution in [2.75, 3.05) is 0 Å². The SMILES string of the molecule is CCc1nc2c(o1)C(=O)C(Sc1ccccc1)=C(Sc1ccccc1)C2=O. The van der Waals surface area contributed by atoms with E-state index in [9.17, 15) is 9.59 Å². The number of aromatic nitrogens is 1. The van der Waals surface area contributed by atoms with E-state index < -0.39 is 0 Å². The Morgan fingerprint density at radius 3 is 1.85 bits per heavy atom. The van der Waals surface area contributed by atoms with Crippen molar-refractivity contribution in [1.29, 1.82) is 0 Å². The molecule has 4 rings (SSSR count). The summed E-state index contributed by atoms with van der Waals surface area (Å²) in [4.78, 5) is 33.0. The second kappa shape index (κ2) is 7.58. The van der Waals surface area contributed by atoms with Crippen molar-refractivity contribution >= 4 is 35.1 Å². The molecule has 0 radical (unpaired) electrons. The first-order valence-electron chi connectivity index (χ1n) is 8.46. The molecule has 0 spiro atoms. The minimum absolute atomic E-state index is 0.0488. The normalized spacial score (nSPS) is 13.8. The number of aryl methyl sites for hydroxylation is 1. The summed E-state index contributed by atoms with van der Waals surface area (Å²) in [5.41, 5.74) is 0.118. The van der Waals surface area contributed by atoms with Crippen LogP contribution in [-0.4, -0.2) is 16.6 Å². The average molecular weight is 393 g/mol. The fourth-order valence-corrected chi connectivity index (χ4v) is 4.69. The first kappa shape index (κ1) is 17.8. The molecule has 1 aromatic heterocycles. The largest absolute Gasteiger partial charge is 0.436 e. The fraction of sp³-hybridized carbons (Fsp3) is 0.0952. The van der Waals surface area contributed by atoms with Gasteiger partial charge in [0.05, 0.1) is 9.81 Å². The Morgan fingerprint density at radius 2 is 1.33 bits per heavy atom. The van der Waals surface area contributed by atoms with Crippen LogP contribution in [0.1, 0.15) is 33.9 Å².